The highest BCUT2D eigenvalue weighted by molar-refractivity contribution is 7.86. The van der Waals surface area contributed by atoms with Crippen molar-refractivity contribution in [2.24, 2.45) is 0 Å². The lowest BCUT2D eigenvalue weighted by Crippen LogP contribution is -2.49. The minimum atomic E-state index is -4.04. The van der Waals surface area contributed by atoms with E-state index in [1.165, 1.54) is 6.92 Å². The summed E-state index contributed by atoms with van der Waals surface area (Å²) in [6.07, 6.45) is 0. The van der Waals surface area contributed by atoms with Crippen LogP contribution >= 0.6 is 11.6 Å². The van der Waals surface area contributed by atoms with Gasteiger partial charge in [-0.25, -0.2) is 4.79 Å². The molecule has 3 aromatic rings. The summed E-state index contributed by atoms with van der Waals surface area (Å²) in [5, 5.41) is 0.524. The molecule has 1 N–H and O–H groups in total. The maximum absolute atomic E-state index is 13.1. The molecule has 2 heterocycles. The Morgan fingerprint density at radius 2 is 1.76 bits per heavy atom. The molecule has 9 nitrogen and oxygen atoms in total. The van der Waals surface area contributed by atoms with Gasteiger partial charge in [-0.1, -0.05) is 17.7 Å². The zero-order chi connectivity index (χ0) is 24.6. The van der Waals surface area contributed by atoms with E-state index in [2.05, 4.69) is 9.88 Å². The first-order valence-electron chi connectivity index (χ1n) is 11.0. The van der Waals surface area contributed by atoms with Crippen molar-refractivity contribution in [2.75, 3.05) is 56.6 Å². The third-order valence-corrected chi connectivity index (χ3v) is 7.51. The van der Waals surface area contributed by atoms with E-state index in [0.717, 1.165) is 11.1 Å². The Morgan fingerprint density at radius 3 is 2.41 bits per heavy atom. The third kappa shape index (κ3) is 5.05. The number of benzene rings is 2. The Hall–Kier alpha value is -2.66. The molecule has 4 rings (SSSR count). The largest absolute Gasteiger partial charge is 0.369 e. The van der Waals surface area contributed by atoms with E-state index in [9.17, 15) is 17.8 Å². The smallest absolute Gasteiger partial charge is 0.354 e. The van der Waals surface area contributed by atoms with E-state index >= 15 is 0 Å². The molecule has 1 atom stereocenters. The van der Waals surface area contributed by atoms with Gasteiger partial charge in [0, 0.05) is 62.9 Å². The van der Waals surface area contributed by atoms with Gasteiger partial charge in [-0.05, 0) is 43.3 Å². The van der Waals surface area contributed by atoms with E-state index in [1.54, 1.807) is 21.6 Å². The first-order valence-corrected chi connectivity index (χ1v) is 12.9. The Bertz CT molecular complexity index is 1370. The molecule has 0 spiro atoms. The Kier molecular flexibility index (Phi) is 6.86. The number of halogens is 1. The van der Waals surface area contributed by atoms with Gasteiger partial charge >= 0.3 is 5.69 Å². The van der Waals surface area contributed by atoms with Gasteiger partial charge < -0.3 is 9.80 Å². The number of anilines is 2. The molecule has 1 unspecified atom stereocenters. The molecule has 1 saturated heterocycles. The number of fused-ring (bicyclic) bond motifs is 1. The number of aromatic nitrogens is 2. The maximum atomic E-state index is 13.1. The predicted octanol–water partition coefficient (Wildman–Crippen LogP) is 2.50. The number of piperazine rings is 1. The molecule has 34 heavy (non-hydrogen) atoms. The molecule has 1 aliphatic rings. The summed E-state index contributed by atoms with van der Waals surface area (Å²) in [5.41, 5.74) is 1.94. The fourth-order valence-corrected chi connectivity index (χ4v) is 4.81. The molecule has 1 fully saturated rings. The second-order valence-corrected chi connectivity index (χ2v) is 11.0. The first kappa shape index (κ1) is 24.5. The highest BCUT2D eigenvalue weighted by Gasteiger charge is 2.24. The van der Waals surface area contributed by atoms with Crippen molar-refractivity contribution in [3.63, 3.8) is 0 Å². The molecular formula is C23H28ClN5O4S. The number of hydrogen-bond donors (Lipinski definition) is 1. The van der Waals surface area contributed by atoms with Gasteiger partial charge in [0.2, 0.25) is 0 Å². The van der Waals surface area contributed by atoms with Crippen LogP contribution in [-0.4, -0.2) is 79.5 Å². The molecule has 0 aliphatic carbocycles. The SMILES string of the molecule is CC(CN1CCN(c2cccc(-n3c(=O)nc(N(C)C)c4ccc(Cl)cc43)c2)CC1)S(=O)(=O)O. The van der Waals surface area contributed by atoms with Crippen LogP contribution in [0, 0.1) is 0 Å². The van der Waals surface area contributed by atoms with Crippen LogP contribution in [0.4, 0.5) is 11.5 Å². The summed E-state index contributed by atoms with van der Waals surface area (Å²) in [6.45, 7) is 4.53. The molecule has 0 bridgehead atoms. The van der Waals surface area contributed by atoms with Gasteiger partial charge in [-0.15, -0.1) is 0 Å². The highest BCUT2D eigenvalue weighted by Crippen LogP contribution is 2.28. The molecule has 2 aromatic carbocycles. The van der Waals surface area contributed by atoms with E-state index < -0.39 is 15.4 Å². The average molecular weight is 506 g/mol. The molecule has 182 valence electrons. The second kappa shape index (κ2) is 9.53. The highest BCUT2D eigenvalue weighted by atomic mass is 35.5. The predicted molar refractivity (Wildman–Crippen MR) is 136 cm³/mol. The fourth-order valence-electron chi connectivity index (χ4n) is 4.25. The zero-order valence-corrected chi connectivity index (χ0v) is 20.9. The van der Waals surface area contributed by atoms with Crippen LogP contribution in [0.15, 0.2) is 47.3 Å². The lowest BCUT2D eigenvalue weighted by atomic mass is 10.2. The van der Waals surface area contributed by atoms with E-state index in [1.807, 2.05) is 49.3 Å². The molecule has 1 aromatic heterocycles. The Morgan fingerprint density at radius 1 is 1.09 bits per heavy atom. The molecule has 11 heteroatoms. The van der Waals surface area contributed by atoms with E-state index in [0.29, 0.717) is 54.8 Å². The van der Waals surface area contributed by atoms with Crippen molar-refractivity contribution in [3.05, 3.63) is 58.0 Å². The monoisotopic (exact) mass is 505 g/mol. The third-order valence-electron chi connectivity index (χ3n) is 6.11. The minimum absolute atomic E-state index is 0.290. The van der Waals surface area contributed by atoms with Crippen molar-refractivity contribution in [2.45, 2.75) is 12.2 Å². The van der Waals surface area contributed by atoms with Crippen LogP contribution in [-0.2, 0) is 10.1 Å². The standard InChI is InChI=1S/C23H28ClN5O4S/c1-16(34(31,32)33)15-27-9-11-28(12-10-27)18-5-4-6-19(14-18)29-21-13-17(24)7-8-20(21)22(26(2)3)25-23(29)30/h4-8,13-14,16H,9-12,15H2,1-3H3,(H,31,32,33). The number of hydrogen-bond acceptors (Lipinski definition) is 7. The van der Waals surface area contributed by atoms with Crippen molar-refractivity contribution >= 4 is 44.1 Å². The van der Waals surface area contributed by atoms with Crippen LogP contribution in [0.2, 0.25) is 5.02 Å². The van der Waals surface area contributed by atoms with Crippen LogP contribution in [0.25, 0.3) is 16.6 Å². The summed E-state index contributed by atoms with van der Waals surface area (Å²) >= 11 is 6.28. The van der Waals surface area contributed by atoms with E-state index in [-0.39, 0.29) is 5.69 Å². The fraction of sp³-hybridized carbons (Fsp3) is 0.391. The summed E-state index contributed by atoms with van der Waals surface area (Å²) in [6, 6.07) is 13.1. The second-order valence-electron chi connectivity index (χ2n) is 8.74. The molecule has 0 saturated carbocycles. The van der Waals surface area contributed by atoms with Crippen molar-refractivity contribution in [1.29, 1.82) is 0 Å². The number of nitrogens with zero attached hydrogens (tertiary/aromatic N) is 5. The molecule has 0 amide bonds. The van der Waals surface area contributed by atoms with Crippen LogP contribution in [0.3, 0.4) is 0 Å². The van der Waals surface area contributed by atoms with Gasteiger partial charge in [0.25, 0.3) is 10.1 Å². The van der Waals surface area contributed by atoms with Gasteiger partial charge in [-0.3, -0.25) is 14.0 Å². The zero-order valence-electron chi connectivity index (χ0n) is 19.3. The first-order chi connectivity index (χ1) is 16.0. The van der Waals surface area contributed by atoms with Crippen LogP contribution in [0.1, 0.15) is 6.92 Å². The molecule has 1 aliphatic heterocycles. The normalized spacial score (nSPS) is 16.1. The van der Waals surface area contributed by atoms with Crippen LogP contribution in [0.5, 0.6) is 0 Å². The lowest BCUT2D eigenvalue weighted by Gasteiger charge is -2.37. The number of rotatable bonds is 6. The lowest BCUT2D eigenvalue weighted by molar-refractivity contribution is 0.256. The van der Waals surface area contributed by atoms with Gasteiger partial charge in [-0.2, -0.15) is 13.4 Å². The Labute approximate surface area is 203 Å². The van der Waals surface area contributed by atoms with Crippen molar-refractivity contribution in [1.82, 2.24) is 14.5 Å². The van der Waals surface area contributed by atoms with Crippen molar-refractivity contribution in [3.8, 4) is 5.69 Å². The quantitative estimate of drug-likeness (QED) is 0.510. The van der Waals surface area contributed by atoms with E-state index in [4.69, 9.17) is 11.6 Å². The summed E-state index contributed by atoms with van der Waals surface area (Å²) in [4.78, 5) is 23.4. The molecular weight excluding hydrogens is 478 g/mol. The minimum Gasteiger partial charge on any atom is -0.369 e. The van der Waals surface area contributed by atoms with Gasteiger partial charge in [0.15, 0.2) is 0 Å². The van der Waals surface area contributed by atoms with Gasteiger partial charge in [0.1, 0.15) is 5.82 Å². The summed E-state index contributed by atoms with van der Waals surface area (Å²) < 4.78 is 33.5. The Balaban J connectivity index is 1.63. The van der Waals surface area contributed by atoms with Gasteiger partial charge in [0.05, 0.1) is 16.5 Å². The van der Waals surface area contributed by atoms with Crippen LogP contribution < -0.4 is 15.5 Å². The maximum Gasteiger partial charge on any atom is 0.354 e. The van der Waals surface area contributed by atoms with Crippen molar-refractivity contribution < 1.29 is 13.0 Å². The summed E-state index contributed by atoms with van der Waals surface area (Å²) in [7, 11) is -0.355. The summed E-state index contributed by atoms with van der Waals surface area (Å²) in [5.74, 6) is 0.583. The topological polar surface area (TPSA) is 99.0 Å². The average Bonchev–Trinajstić information content (AvgIpc) is 2.78. The molecule has 0 radical (unpaired) electrons.